The van der Waals surface area contributed by atoms with Gasteiger partial charge in [-0.25, -0.2) is 9.97 Å². The third-order valence-corrected chi connectivity index (χ3v) is 5.69. The van der Waals surface area contributed by atoms with Crippen molar-refractivity contribution in [1.82, 2.24) is 29.6 Å². The Kier molecular flexibility index (Phi) is 5.76. The molecule has 0 atom stereocenters. The molecule has 0 aromatic carbocycles. The minimum Gasteiger partial charge on any atom is -0.339 e. The molecule has 0 unspecified atom stereocenters. The summed E-state index contributed by atoms with van der Waals surface area (Å²) in [4.78, 5) is 38.3. The number of likely N-dealkylation sites (tertiary alicyclic amines) is 1. The predicted molar refractivity (Wildman–Crippen MR) is 125 cm³/mol. The molecule has 0 saturated carbocycles. The summed E-state index contributed by atoms with van der Waals surface area (Å²) in [6, 6.07) is 4.89. The largest absolute Gasteiger partial charge is 0.339 e. The van der Waals surface area contributed by atoms with Crippen LogP contribution < -0.4 is 10.6 Å². The van der Waals surface area contributed by atoms with E-state index in [4.69, 9.17) is 0 Å². The van der Waals surface area contributed by atoms with E-state index in [1.807, 2.05) is 19.3 Å². The average Bonchev–Trinajstić information content (AvgIpc) is 3.56. The molecule has 1 saturated heterocycles. The highest BCUT2D eigenvalue weighted by Crippen LogP contribution is 2.24. The minimum atomic E-state index is -0.847. The summed E-state index contributed by atoms with van der Waals surface area (Å²) in [5.74, 6) is -1.60. The van der Waals surface area contributed by atoms with E-state index < -0.39 is 11.9 Å². The fourth-order valence-electron chi connectivity index (χ4n) is 4.00. The van der Waals surface area contributed by atoms with Gasteiger partial charge in [0.2, 0.25) is 11.9 Å². The fraction of sp³-hybridized carbons (Fsp3) is 0.261. The number of carbonyl (C=O) groups excluding carboxylic acids is 2. The van der Waals surface area contributed by atoms with E-state index in [0.29, 0.717) is 11.3 Å². The van der Waals surface area contributed by atoms with Crippen LogP contribution >= 0.6 is 0 Å². The van der Waals surface area contributed by atoms with Crippen molar-refractivity contribution in [2.75, 3.05) is 30.3 Å². The molecule has 174 valence electrons. The fourth-order valence-corrected chi connectivity index (χ4v) is 4.00. The number of halogens is 1. The Balaban J connectivity index is 1.30. The Labute approximate surface area is 194 Å². The molecule has 34 heavy (non-hydrogen) atoms. The van der Waals surface area contributed by atoms with E-state index >= 15 is 0 Å². The zero-order valence-electron chi connectivity index (χ0n) is 18.5. The maximum Gasteiger partial charge on any atom is 0.257 e. The van der Waals surface area contributed by atoms with Crippen LogP contribution in [0.3, 0.4) is 0 Å². The molecule has 0 radical (unpaired) electrons. The smallest absolute Gasteiger partial charge is 0.257 e. The zero-order valence-corrected chi connectivity index (χ0v) is 18.5. The first-order chi connectivity index (χ1) is 16.4. The summed E-state index contributed by atoms with van der Waals surface area (Å²) in [6.45, 7) is 2.04. The summed E-state index contributed by atoms with van der Waals surface area (Å²) in [5, 5.41) is 10.1. The molecular weight excluding hydrogens is 439 g/mol. The van der Waals surface area contributed by atoms with Gasteiger partial charge in [0, 0.05) is 30.4 Å². The minimum absolute atomic E-state index is 0.130. The molecule has 1 fully saturated rings. The standard InChI is InChI=1S/C23H23FN8O2/c1-31-12-16(10-27-31)18-7-14-6-15(9-26-22(14)29-18)23(34)30-19-8-17(11-25-21(19)24)28-20(33)13-32-4-2-3-5-32/h6-12H,2-5,13H2,1H3,(H,26,29)(H,28,33)(H,30,34). The number of carbonyl (C=O) groups is 2. The van der Waals surface area contributed by atoms with Crippen LogP contribution in [0.5, 0.6) is 0 Å². The third-order valence-electron chi connectivity index (χ3n) is 5.69. The zero-order chi connectivity index (χ0) is 23.7. The van der Waals surface area contributed by atoms with Gasteiger partial charge in [-0.1, -0.05) is 0 Å². The average molecular weight is 462 g/mol. The summed E-state index contributed by atoms with van der Waals surface area (Å²) in [5.41, 5.74) is 2.76. The predicted octanol–water partition coefficient (Wildman–Crippen LogP) is 2.78. The van der Waals surface area contributed by atoms with Crippen molar-refractivity contribution < 1.29 is 14.0 Å². The van der Waals surface area contributed by atoms with Crippen molar-refractivity contribution in [3.8, 4) is 11.3 Å². The Bertz CT molecular complexity index is 1370. The maximum absolute atomic E-state index is 14.3. The van der Waals surface area contributed by atoms with E-state index in [1.165, 1.54) is 18.5 Å². The highest BCUT2D eigenvalue weighted by Gasteiger charge is 2.17. The van der Waals surface area contributed by atoms with Crippen LogP contribution in [0.1, 0.15) is 23.2 Å². The molecule has 0 bridgehead atoms. The van der Waals surface area contributed by atoms with Gasteiger partial charge in [0.25, 0.3) is 5.91 Å². The molecule has 3 N–H and O–H groups in total. The van der Waals surface area contributed by atoms with Crippen LogP contribution in [0.15, 0.2) is 43.0 Å². The van der Waals surface area contributed by atoms with Crippen LogP contribution in [0.4, 0.5) is 15.8 Å². The molecule has 1 aliphatic rings. The molecule has 1 aliphatic heterocycles. The molecular formula is C23H23FN8O2. The van der Waals surface area contributed by atoms with Gasteiger partial charge in [-0.3, -0.25) is 19.2 Å². The lowest BCUT2D eigenvalue weighted by molar-refractivity contribution is -0.117. The molecule has 5 rings (SSSR count). The summed E-state index contributed by atoms with van der Waals surface area (Å²) in [7, 11) is 1.83. The van der Waals surface area contributed by atoms with Crippen LogP contribution in [0.2, 0.25) is 0 Å². The van der Waals surface area contributed by atoms with E-state index in [1.54, 1.807) is 16.9 Å². The number of hydrogen-bond donors (Lipinski definition) is 3. The second-order valence-electron chi connectivity index (χ2n) is 8.30. The molecule has 4 aromatic heterocycles. The Hall–Kier alpha value is -4.12. The number of nitrogens with one attached hydrogen (secondary N) is 3. The molecule has 2 amide bonds. The summed E-state index contributed by atoms with van der Waals surface area (Å²) < 4.78 is 16.0. The van der Waals surface area contributed by atoms with E-state index in [-0.39, 0.29) is 23.7 Å². The molecule has 4 aromatic rings. The van der Waals surface area contributed by atoms with Crippen molar-refractivity contribution in [2.45, 2.75) is 12.8 Å². The number of anilines is 2. The normalized spacial score (nSPS) is 13.9. The lowest BCUT2D eigenvalue weighted by Gasteiger charge is -2.14. The molecule has 0 spiro atoms. The van der Waals surface area contributed by atoms with Crippen molar-refractivity contribution >= 4 is 34.2 Å². The highest BCUT2D eigenvalue weighted by molar-refractivity contribution is 6.06. The first-order valence-corrected chi connectivity index (χ1v) is 10.9. The topological polar surface area (TPSA) is 121 Å². The van der Waals surface area contributed by atoms with Crippen molar-refractivity contribution in [3.63, 3.8) is 0 Å². The lowest BCUT2D eigenvalue weighted by atomic mass is 10.2. The summed E-state index contributed by atoms with van der Waals surface area (Å²) in [6.07, 6.45) is 8.38. The van der Waals surface area contributed by atoms with Crippen LogP contribution in [-0.2, 0) is 11.8 Å². The molecule has 0 aliphatic carbocycles. The van der Waals surface area contributed by atoms with Gasteiger partial charge in [0.1, 0.15) is 5.65 Å². The number of aromatic amines is 1. The molecule has 10 nitrogen and oxygen atoms in total. The van der Waals surface area contributed by atoms with Gasteiger partial charge in [-0.15, -0.1) is 0 Å². The maximum atomic E-state index is 14.3. The monoisotopic (exact) mass is 462 g/mol. The van der Waals surface area contributed by atoms with Crippen LogP contribution in [-0.4, -0.2) is 61.1 Å². The number of nitrogens with zero attached hydrogens (tertiary/aromatic N) is 5. The van der Waals surface area contributed by atoms with E-state index in [2.05, 4.69) is 35.6 Å². The summed E-state index contributed by atoms with van der Waals surface area (Å²) >= 11 is 0. The number of fused-ring (bicyclic) bond motifs is 1. The number of aromatic nitrogens is 5. The van der Waals surface area contributed by atoms with Crippen molar-refractivity contribution in [2.24, 2.45) is 7.05 Å². The van der Waals surface area contributed by atoms with Crippen LogP contribution in [0.25, 0.3) is 22.3 Å². The number of aryl methyl sites for hydroxylation is 1. The first-order valence-electron chi connectivity index (χ1n) is 10.9. The number of rotatable bonds is 6. The third kappa shape index (κ3) is 4.64. The Morgan fingerprint density at radius 3 is 2.68 bits per heavy atom. The van der Waals surface area contributed by atoms with Gasteiger partial charge in [-0.2, -0.15) is 9.49 Å². The van der Waals surface area contributed by atoms with Crippen molar-refractivity contribution in [3.05, 3.63) is 54.5 Å². The Morgan fingerprint density at radius 1 is 1.09 bits per heavy atom. The number of pyridine rings is 2. The van der Waals surface area contributed by atoms with Crippen molar-refractivity contribution in [1.29, 1.82) is 0 Å². The van der Waals surface area contributed by atoms with Crippen LogP contribution in [0, 0.1) is 5.95 Å². The second kappa shape index (κ2) is 9.02. The highest BCUT2D eigenvalue weighted by atomic mass is 19.1. The number of hydrogen-bond acceptors (Lipinski definition) is 6. The molecule has 5 heterocycles. The van der Waals surface area contributed by atoms with Gasteiger partial charge in [0.05, 0.1) is 41.6 Å². The first kappa shape index (κ1) is 21.7. The van der Waals surface area contributed by atoms with E-state index in [9.17, 15) is 14.0 Å². The number of amides is 2. The van der Waals surface area contributed by atoms with Gasteiger partial charge in [0.15, 0.2) is 0 Å². The van der Waals surface area contributed by atoms with Gasteiger partial charge >= 0.3 is 0 Å². The Morgan fingerprint density at radius 2 is 1.91 bits per heavy atom. The second-order valence-corrected chi connectivity index (χ2v) is 8.30. The number of H-pyrrole nitrogens is 1. The van der Waals surface area contributed by atoms with Gasteiger partial charge < -0.3 is 15.6 Å². The van der Waals surface area contributed by atoms with Gasteiger partial charge in [-0.05, 0) is 44.1 Å². The SMILES string of the molecule is Cn1cc(-c2cc3cc(C(=O)Nc4cc(NC(=O)CN5CCCC5)cnc4F)cnc3[nH]2)cn1. The molecule has 11 heteroatoms. The quantitative estimate of drug-likeness (QED) is 0.379. The lowest BCUT2D eigenvalue weighted by Crippen LogP contribution is -2.31. The van der Waals surface area contributed by atoms with E-state index in [0.717, 1.165) is 42.6 Å².